The van der Waals surface area contributed by atoms with E-state index in [2.05, 4.69) is 10.3 Å². The molecule has 1 aliphatic heterocycles. The maximum Gasteiger partial charge on any atom is 0.257 e. The highest BCUT2D eigenvalue weighted by atomic mass is 16.2. The second-order valence-corrected chi connectivity index (χ2v) is 6.03. The molecule has 2 aromatic carbocycles. The summed E-state index contributed by atoms with van der Waals surface area (Å²) in [6.45, 7) is 0.726. The van der Waals surface area contributed by atoms with Crippen LogP contribution >= 0.6 is 0 Å². The lowest BCUT2D eigenvalue weighted by Gasteiger charge is -2.17. The Bertz CT molecular complexity index is 963. The van der Waals surface area contributed by atoms with Crippen molar-refractivity contribution in [1.82, 2.24) is 4.98 Å². The van der Waals surface area contributed by atoms with Gasteiger partial charge in [0.1, 0.15) is 0 Å². The highest BCUT2D eigenvalue weighted by Gasteiger charge is 2.22. The van der Waals surface area contributed by atoms with E-state index in [1.165, 1.54) is 0 Å². The predicted molar refractivity (Wildman–Crippen MR) is 97.7 cm³/mol. The summed E-state index contributed by atoms with van der Waals surface area (Å²) in [4.78, 5) is 30.7. The molecule has 1 fully saturated rings. The first kappa shape index (κ1) is 15.3. The number of aromatic nitrogens is 1. The summed E-state index contributed by atoms with van der Waals surface area (Å²) in [5.74, 6) is -0.0871. The Kier molecular flexibility index (Phi) is 3.90. The quantitative estimate of drug-likeness (QED) is 0.797. The summed E-state index contributed by atoms with van der Waals surface area (Å²) >= 11 is 0. The van der Waals surface area contributed by atoms with E-state index in [0.29, 0.717) is 23.2 Å². The van der Waals surface area contributed by atoms with Crippen molar-refractivity contribution in [1.29, 1.82) is 0 Å². The zero-order valence-corrected chi connectivity index (χ0v) is 13.6. The monoisotopic (exact) mass is 331 g/mol. The van der Waals surface area contributed by atoms with Crippen LogP contribution in [0.1, 0.15) is 23.2 Å². The van der Waals surface area contributed by atoms with Crippen LogP contribution in [-0.2, 0) is 4.79 Å². The van der Waals surface area contributed by atoms with Crippen molar-refractivity contribution >= 4 is 34.1 Å². The molecule has 0 aliphatic carbocycles. The van der Waals surface area contributed by atoms with Gasteiger partial charge in [-0.1, -0.05) is 24.3 Å². The summed E-state index contributed by atoms with van der Waals surface area (Å²) in [7, 11) is 0. The number of pyridine rings is 1. The Labute approximate surface area is 145 Å². The maximum absolute atomic E-state index is 12.7. The number of amides is 2. The van der Waals surface area contributed by atoms with Gasteiger partial charge in [-0.2, -0.15) is 0 Å². The fraction of sp³-hybridized carbons (Fsp3) is 0.150. The molecular formula is C20H17N3O2. The highest BCUT2D eigenvalue weighted by Crippen LogP contribution is 2.25. The third-order valence-electron chi connectivity index (χ3n) is 4.37. The molecule has 4 rings (SSSR count). The normalized spacial score (nSPS) is 14.1. The molecule has 0 radical (unpaired) electrons. The molecular weight excluding hydrogens is 314 g/mol. The minimum Gasteiger partial charge on any atom is -0.322 e. The van der Waals surface area contributed by atoms with E-state index in [1.54, 1.807) is 17.2 Å². The second-order valence-electron chi connectivity index (χ2n) is 6.03. The van der Waals surface area contributed by atoms with Gasteiger partial charge in [-0.3, -0.25) is 14.6 Å². The van der Waals surface area contributed by atoms with Crippen molar-refractivity contribution in [3.05, 3.63) is 66.4 Å². The zero-order chi connectivity index (χ0) is 17.2. The Morgan fingerprint density at radius 2 is 1.92 bits per heavy atom. The van der Waals surface area contributed by atoms with Crippen molar-refractivity contribution in [2.75, 3.05) is 16.8 Å². The minimum atomic E-state index is -0.214. The molecule has 1 N–H and O–H groups in total. The van der Waals surface area contributed by atoms with E-state index in [9.17, 15) is 9.59 Å². The average molecular weight is 331 g/mol. The van der Waals surface area contributed by atoms with Crippen molar-refractivity contribution in [2.45, 2.75) is 12.8 Å². The molecule has 0 spiro atoms. The summed E-state index contributed by atoms with van der Waals surface area (Å²) in [5.41, 5.74) is 2.68. The molecule has 25 heavy (non-hydrogen) atoms. The number of rotatable bonds is 3. The Balaban J connectivity index is 1.61. The van der Waals surface area contributed by atoms with Crippen LogP contribution < -0.4 is 10.2 Å². The van der Waals surface area contributed by atoms with E-state index < -0.39 is 0 Å². The van der Waals surface area contributed by atoms with Gasteiger partial charge >= 0.3 is 0 Å². The topological polar surface area (TPSA) is 62.3 Å². The van der Waals surface area contributed by atoms with Gasteiger partial charge in [0.25, 0.3) is 5.91 Å². The van der Waals surface area contributed by atoms with Crippen LogP contribution in [0.4, 0.5) is 11.4 Å². The fourth-order valence-corrected chi connectivity index (χ4v) is 3.16. The molecule has 2 amide bonds. The summed E-state index contributed by atoms with van der Waals surface area (Å²) in [6, 6.07) is 16.7. The number of fused-ring (bicyclic) bond motifs is 1. The van der Waals surface area contributed by atoms with E-state index in [1.807, 2.05) is 48.5 Å². The SMILES string of the molecule is O=C(Nc1cccc(N2CCCC2=O)c1)c1cccc2cccnc12. The third-order valence-corrected chi connectivity index (χ3v) is 4.37. The summed E-state index contributed by atoms with van der Waals surface area (Å²) in [6.07, 6.45) is 3.13. The molecule has 1 aromatic heterocycles. The first-order chi connectivity index (χ1) is 12.2. The molecule has 5 heteroatoms. The molecule has 0 bridgehead atoms. The Morgan fingerprint density at radius 3 is 2.76 bits per heavy atom. The molecule has 124 valence electrons. The molecule has 5 nitrogen and oxygen atoms in total. The molecule has 1 aliphatic rings. The first-order valence-corrected chi connectivity index (χ1v) is 8.28. The van der Waals surface area contributed by atoms with Gasteiger partial charge in [0.15, 0.2) is 0 Å². The van der Waals surface area contributed by atoms with E-state index in [4.69, 9.17) is 0 Å². The highest BCUT2D eigenvalue weighted by molar-refractivity contribution is 6.12. The number of hydrogen-bond acceptors (Lipinski definition) is 3. The number of carbonyl (C=O) groups is 2. The molecule has 0 unspecified atom stereocenters. The molecule has 0 atom stereocenters. The summed E-state index contributed by atoms with van der Waals surface area (Å²) < 4.78 is 0. The van der Waals surface area contributed by atoms with E-state index in [0.717, 1.165) is 24.0 Å². The van der Waals surface area contributed by atoms with Crippen LogP contribution in [0.25, 0.3) is 10.9 Å². The smallest absolute Gasteiger partial charge is 0.257 e. The molecule has 0 saturated carbocycles. The van der Waals surface area contributed by atoms with Crippen LogP contribution in [-0.4, -0.2) is 23.3 Å². The lowest BCUT2D eigenvalue weighted by molar-refractivity contribution is -0.117. The predicted octanol–water partition coefficient (Wildman–Crippen LogP) is 3.61. The number of benzene rings is 2. The average Bonchev–Trinajstić information content (AvgIpc) is 3.07. The van der Waals surface area contributed by atoms with Crippen LogP contribution in [0.5, 0.6) is 0 Å². The first-order valence-electron chi connectivity index (χ1n) is 8.28. The Morgan fingerprint density at radius 1 is 1.08 bits per heavy atom. The van der Waals surface area contributed by atoms with Gasteiger partial charge in [0.05, 0.1) is 11.1 Å². The van der Waals surface area contributed by atoms with Crippen molar-refractivity contribution < 1.29 is 9.59 Å². The van der Waals surface area contributed by atoms with Gasteiger partial charge < -0.3 is 10.2 Å². The van der Waals surface area contributed by atoms with Gasteiger partial charge in [0.2, 0.25) is 5.91 Å². The summed E-state index contributed by atoms with van der Waals surface area (Å²) in [5, 5.41) is 3.83. The number of nitrogens with zero attached hydrogens (tertiary/aromatic N) is 2. The Hall–Kier alpha value is -3.21. The van der Waals surface area contributed by atoms with Crippen LogP contribution in [0.15, 0.2) is 60.8 Å². The maximum atomic E-state index is 12.7. The van der Waals surface area contributed by atoms with Crippen LogP contribution in [0, 0.1) is 0 Å². The standard InChI is InChI=1S/C20H17N3O2/c24-18-10-4-12-23(18)16-8-2-7-15(13-16)22-20(25)17-9-1-5-14-6-3-11-21-19(14)17/h1-3,5-9,11,13H,4,10,12H2,(H,22,25). The number of anilines is 2. The number of nitrogens with one attached hydrogen (secondary N) is 1. The van der Waals surface area contributed by atoms with Crippen LogP contribution in [0.3, 0.4) is 0 Å². The van der Waals surface area contributed by atoms with Gasteiger partial charge in [-0.25, -0.2) is 0 Å². The van der Waals surface area contributed by atoms with Crippen molar-refractivity contribution in [3.8, 4) is 0 Å². The second kappa shape index (κ2) is 6.36. The molecule has 3 aromatic rings. The molecule has 1 saturated heterocycles. The number of para-hydroxylation sites is 1. The molecule has 2 heterocycles. The minimum absolute atomic E-state index is 0.127. The third kappa shape index (κ3) is 2.96. The van der Waals surface area contributed by atoms with E-state index >= 15 is 0 Å². The van der Waals surface area contributed by atoms with Crippen molar-refractivity contribution in [3.63, 3.8) is 0 Å². The zero-order valence-electron chi connectivity index (χ0n) is 13.6. The number of hydrogen-bond donors (Lipinski definition) is 1. The van der Waals surface area contributed by atoms with Gasteiger partial charge in [-0.05, 0) is 36.8 Å². The largest absolute Gasteiger partial charge is 0.322 e. The number of carbonyl (C=O) groups excluding carboxylic acids is 2. The van der Waals surface area contributed by atoms with Gasteiger partial charge in [-0.15, -0.1) is 0 Å². The lowest BCUT2D eigenvalue weighted by atomic mass is 10.1. The van der Waals surface area contributed by atoms with Crippen LogP contribution in [0.2, 0.25) is 0 Å². The van der Waals surface area contributed by atoms with E-state index in [-0.39, 0.29) is 11.8 Å². The van der Waals surface area contributed by atoms with Crippen molar-refractivity contribution in [2.24, 2.45) is 0 Å². The fourth-order valence-electron chi connectivity index (χ4n) is 3.16. The lowest BCUT2D eigenvalue weighted by Crippen LogP contribution is -2.23. The van der Waals surface area contributed by atoms with Gasteiger partial charge in [0, 0.05) is 35.9 Å².